The van der Waals surface area contributed by atoms with Crippen LogP contribution >= 0.6 is 15.9 Å². The van der Waals surface area contributed by atoms with Crippen molar-refractivity contribution < 1.29 is 0 Å². The SMILES string of the molecule is Brc1ccc(-c2ccc(-n3c4ccccc4c4ccccc43)cc2)cc1.C.c1ccc(-c2ccc(N(c3ccc(-c4ccccc4)cc3)c3ccc(-c4ccc(-n5c6ccccc6c6ccccc65)cc4)cc3)cc2)cc1.c1ccc(-c2ccc(Nc3ccc(-c4ccccc4)cc3)cc2)cc1. The molecule has 0 aliphatic rings. The van der Waals surface area contributed by atoms with E-state index < -0.39 is 0 Å². The first kappa shape index (κ1) is 65.2. The van der Waals surface area contributed by atoms with Crippen LogP contribution in [-0.4, -0.2) is 9.13 Å². The second-order valence-corrected chi connectivity index (χ2v) is 26.0. The molecule has 0 saturated heterocycles. The van der Waals surface area contributed by atoms with E-state index in [1.165, 1.54) is 116 Å². The summed E-state index contributed by atoms with van der Waals surface area (Å²) in [5.41, 5.74) is 27.4. The third kappa shape index (κ3) is 14.0. The lowest BCUT2D eigenvalue weighted by Crippen LogP contribution is -2.09. The molecule has 488 valence electrons. The number of hydrogen-bond acceptors (Lipinski definition) is 2. The van der Waals surface area contributed by atoms with Gasteiger partial charge in [-0.25, -0.2) is 0 Å². The zero-order chi connectivity index (χ0) is 67.7. The van der Waals surface area contributed by atoms with Crippen LogP contribution in [-0.2, 0) is 0 Å². The van der Waals surface area contributed by atoms with Crippen molar-refractivity contribution in [2.24, 2.45) is 0 Å². The summed E-state index contributed by atoms with van der Waals surface area (Å²) >= 11 is 3.50. The number of para-hydroxylation sites is 4. The highest BCUT2D eigenvalue weighted by Gasteiger charge is 2.17. The molecule has 4 nitrogen and oxygen atoms in total. The van der Waals surface area contributed by atoms with Gasteiger partial charge in [0, 0.05) is 65.8 Å². The maximum atomic E-state index is 3.50. The lowest BCUT2D eigenvalue weighted by Gasteiger charge is -2.26. The summed E-state index contributed by atoms with van der Waals surface area (Å²) in [5.74, 6) is 0. The lowest BCUT2D eigenvalue weighted by molar-refractivity contribution is 1.18. The summed E-state index contributed by atoms with van der Waals surface area (Å²) in [6, 6.07) is 146. The molecule has 2 heterocycles. The molecule has 0 spiro atoms. The van der Waals surface area contributed by atoms with Gasteiger partial charge in [0.1, 0.15) is 0 Å². The van der Waals surface area contributed by atoms with Crippen LogP contribution in [0.2, 0.25) is 0 Å². The van der Waals surface area contributed by atoms with Crippen molar-refractivity contribution in [2.75, 3.05) is 10.2 Å². The molecule has 102 heavy (non-hydrogen) atoms. The van der Waals surface area contributed by atoms with E-state index in [2.05, 4.69) is 436 Å². The van der Waals surface area contributed by atoms with Crippen LogP contribution in [0, 0.1) is 0 Å². The molecule has 0 unspecified atom stereocenters. The maximum Gasteiger partial charge on any atom is 0.0541 e. The minimum atomic E-state index is 0. The fraction of sp³-hybridized carbons (Fsp3) is 0.0103. The molecule has 2 aromatic heterocycles. The molecule has 18 rings (SSSR count). The molecular weight excluding hydrogens is 1300 g/mol. The first-order valence-electron chi connectivity index (χ1n) is 34.2. The number of anilines is 5. The predicted octanol–water partition coefficient (Wildman–Crippen LogP) is 27.9. The van der Waals surface area contributed by atoms with Gasteiger partial charge < -0.3 is 19.4 Å². The van der Waals surface area contributed by atoms with Crippen LogP contribution in [0.15, 0.2) is 417 Å². The van der Waals surface area contributed by atoms with Crippen LogP contribution in [0.3, 0.4) is 0 Å². The van der Waals surface area contributed by atoms with E-state index in [4.69, 9.17) is 0 Å². The highest BCUT2D eigenvalue weighted by atomic mass is 79.9. The fourth-order valence-corrected chi connectivity index (χ4v) is 14.0. The fourth-order valence-electron chi connectivity index (χ4n) is 13.7. The van der Waals surface area contributed by atoms with Gasteiger partial charge >= 0.3 is 0 Å². The normalized spacial score (nSPS) is 10.9. The van der Waals surface area contributed by atoms with Crippen molar-refractivity contribution in [1.82, 2.24) is 9.13 Å². The van der Waals surface area contributed by atoms with Gasteiger partial charge in [0.2, 0.25) is 0 Å². The third-order valence-electron chi connectivity index (χ3n) is 18.8. The summed E-state index contributed by atoms with van der Waals surface area (Å²) in [5, 5.41) is 8.59. The molecule has 0 atom stereocenters. The van der Waals surface area contributed by atoms with E-state index in [0.29, 0.717) is 0 Å². The van der Waals surface area contributed by atoms with Crippen LogP contribution < -0.4 is 10.2 Å². The number of halogens is 1. The Morgan fingerprint density at radius 1 is 0.196 bits per heavy atom. The number of nitrogens with zero attached hydrogens (tertiary/aromatic N) is 3. The number of rotatable bonds is 13. The molecule has 0 aliphatic heterocycles. The Bertz CT molecular complexity index is 5490. The quantitative estimate of drug-likeness (QED) is 0.124. The van der Waals surface area contributed by atoms with Crippen molar-refractivity contribution in [1.29, 1.82) is 0 Å². The Labute approximate surface area is 605 Å². The summed E-state index contributed by atoms with van der Waals surface area (Å²) in [4.78, 5) is 2.33. The average molecular weight is 1370 g/mol. The topological polar surface area (TPSA) is 25.1 Å². The molecule has 5 heteroatoms. The lowest BCUT2D eigenvalue weighted by atomic mass is 10.0. The second kappa shape index (κ2) is 30.1. The van der Waals surface area contributed by atoms with E-state index in [-0.39, 0.29) is 7.43 Å². The molecule has 16 aromatic carbocycles. The van der Waals surface area contributed by atoms with Crippen molar-refractivity contribution in [3.63, 3.8) is 0 Å². The Balaban J connectivity index is 0.000000136. The summed E-state index contributed by atoms with van der Waals surface area (Å²) in [6.07, 6.45) is 0. The molecule has 0 radical (unpaired) electrons. The van der Waals surface area contributed by atoms with E-state index in [1.807, 2.05) is 12.1 Å². The average Bonchev–Trinajstić information content (AvgIpc) is 1.60. The molecule has 18 aromatic rings. The Morgan fingerprint density at radius 3 is 0.647 bits per heavy atom. The number of nitrogens with one attached hydrogen (secondary N) is 1. The zero-order valence-corrected chi connectivity index (χ0v) is 57.1. The third-order valence-corrected chi connectivity index (χ3v) is 19.3. The zero-order valence-electron chi connectivity index (χ0n) is 55.5. The van der Waals surface area contributed by atoms with Gasteiger partial charge in [-0.15, -0.1) is 0 Å². The van der Waals surface area contributed by atoms with Crippen molar-refractivity contribution in [3.05, 3.63) is 417 Å². The summed E-state index contributed by atoms with van der Waals surface area (Å²) < 4.78 is 5.81. The van der Waals surface area contributed by atoms with Gasteiger partial charge in [-0.1, -0.05) is 315 Å². The van der Waals surface area contributed by atoms with E-state index in [1.54, 1.807) is 0 Å². The van der Waals surface area contributed by atoms with Crippen LogP contribution in [0.25, 0.3) is 122 Å². The van der Waals surface area contributed by atoms with E-state index in [9.17, 15) is 0 Å². The van der Waals surface area contributed by atoms with E-state index >= 15 is 0 Å². The molecule has 0 amide bonds. The molecule has 0 bridgehead atoms. The molecule has 0 fully saturated rings. The summed E-state index contributed by atoms with van der Waals surface area (Å²) in [7, 11) is 0. The maximum absolute atomic E-state index is 3.50. The highest BCUT2D eigenvalue weighted by Crippen LogP contribution is 2.40. The molecular formula is C97H73BrN4. The Kier molecular flexibility index (Phi) is 19.2. The predicted molar refractivity (Wildman–Crippen MR) is 439 cm³/mol. The van der Waals surface area contributed by atoms with Gasteiger partial charge in [0.05, 0.1) is 22.1 Å². The van der Waals surface area contributed by atoms with Crippen molar-refractivity contribution >= 4 is 88.0 Å². The van der Waals surface area contributed by atoms with Crippen molar-refractivity contribution in [2.45, 2.75) is 7.43 Å². The largest absolute Gasteiger partial charge is 0.356 e. The molecule has 1 N–H and O–H groups in total. The van der Waals surface area contributed by atoms with Crippen LogP contribution in [0.4, 0.5) is 28.4 Å². The number of fused-ring (bicyclic) bond motifs is 6. The van der Waals surface area contributed by atoms with Crippen LogP contribution in [0.1, 0.15) is 7.43 Å². The first-order chi connectivity index (χ1) is 50.0. The second-order valence-electron chi connectivity index (χ2n) is 25.1. The minimum absolute atomic E-state index is 0. The standard InChI is InChI=1S/C48H34N2.C24H16BrN.C24H19N.CH4/c1-3-11-35(12-4-1)37-19-27-41(28-20-37)49(42-29-21-38(22-30-42)36-13-5-2-6-14-36)43-31-23-39(24-32-43)40-25-33-44(34-26-40)50-47-17-9-7-15-45(47)46-16-8-10-18-48(46)50;25-19-13-9-17(10-14-19)18-11-15-20(16-12-18)26-23-7-3-1-5-21(23)22-6-2-4-8-24(22)26;1-3-7-19(8-4-1)21-11-15-23(16-12-21)25-24-17-13-22(14-18-24)20-9-5-2-6-10-20;/h1-34H;1-16H;1-18,25H;1H4. The number of hydrogen-bond donors (Lipinski definition) is 1. The first-order valence-corrected chi connectivity index (χ1v) is 35.0. The Hall–Kier alpha value is -12.8. The number of aromatic nitrogens is 2. The molecule has 0 aliphatic carbocycles. The van der Waals surface area contributed by atoms with Gasteiger partial charge in [-0.2, -0.15) is 0 Å². The summed E-state index contributed by atoms with van der Waals surface area (Å²) in [6.45, 7) is 0. The minimum Gasteiger partial charge on any atom is -0.356 e. The van der Waals surface area contributed by atoms with Gasteiger partial charge in [0.25, 0.3) is 0 Å². The van der Waals surface area contributed by atoms with Gasteiger partial charge in [0.15, 0.2) is 0 Å². The highest BCUT2D eigenvalue weighted by molar-refractivity contribution is 9.10. The van der Waals surface area contributed by atoms with E-state index in [0.717, 1.165) is 38.6 Å². The van der Waals surface area contributed by atoms with Gasteiger partial charge in [-0.3, -0.25) is 0 Å². The number of benzene rings is 16. The van der Waals surface area contributed by atoms with Crippen molar-refractivity contribution in [3.8, 4) is 78.1 Å². The Morgan fingerprint density at radius 2 is 0.392 bits per heavy atom. The van der Waals surface area contributed by atoms with Gasteiger partial charge in [-0.05, 0) is 188 Å². The molecule has 0 saturated carbocycles. The van der Waals surface area contributed by atoms with Crippen LogP contribution in [0.5, 0.6) is 0 Å². The monoisotopic (exact) mass is 1370 g/mol. The smallest absolute Gasteiger partial charge is 0.0541 e.